The van der Waals surface area contributed by atoms with Gasteiger partial charge in [0.15, 0.2) is 5.83 Å². The molecule has 0 N–H and O–H groups in total. The zero-order valence-corrected chi connectivity index (χ0v) is 7.86. The van der Waals surface area contributed by atoms with Gasteiger partial charge in [-0.2, -0.15) is 0 Å². The van der Waals surface area contributed by atoms with Gasteiger partial charge in [0.25, 0.3) is 0 Å². The fraction of sp³-hybridized carbons (Fsp3) is 0.400. The highest BCUT2D eigenvalue weighted by Crippen LogP contribution is 2.16. The van der Waals surface area contributed by atoms with E-state index in [1.165, 1.54) is 13.2 Å². The van der Waals surface area contributed by atoms with Crippen LogP contribution in [0.2, 0.25) is 0 Å². The molecule has 0 spiro atoms. The zero-order chi connectivity index (χ0) is 9.72. The van der Waals surface area contributed by atoms with Crippen LogP contribution in [-0.4, -0.2) is 7.11 Å². The van der Waals surface area contributed by atoms with Gasteiger partial charge < -0.3 is 4.74 Å². The highest BCUT2D eigenvalue weighted by molar-refractivity contribution is 5.27. The summed E-state index contributed by atoms with van der Waals surface area (Å²) < 4.78 is 17.6. The van der Waals surface area contributed by atoms with Crippen LogP contribution in [0.1, 0.15) is 13.8 Å². The monoisotopic (exact) mass is 170 g/mol. The Labute approximate surface area is 73.2 Å². The lowest BCUT2D eigenvalue weighted by atomic mass is 10.0. The maximum absolute atomic E-state index is 13.0. The minimum absolute atomic E-state index is 0.0387. The van der Waals surface area contributed by atoms with Gasteiger partial charge in [0.2, 0.25) is 0 Å². The number of halogens is 1. The molecule has 1 nitrogen and oxygen atoms in total. The molecule has 0 fully saturated rings. The summed E-state index contributed by atoms with van der Waals surface area (Å²) in [5, 5.41) is 0. The zero-order valence-electron chi connectivity index (χ0n) is 7.86. The van der Waals surface area contributed by atoms with E-state index in [1.807, 2.05) is 13.8 Å². The fourth-order valence-electron chi connectivity index (χ4n) is 0.507. The maximum atomic E-state index is 13.0. The summed E-state index contributed by atoms with van der Waals surface area (Å²) in [6, 6.07) is 0. The van der Waals surface area contributed by atoms with Crippen molar-refractivity contribution in [2.24, 2.45) is 5.92 Å². The lowest BCUT2D eigenvalue weighted by Gasteiger charge is -2.05. The Kier molecular flexibility index (Phi) is 4.34. The first-order valence-electron chi connectivity index (χ1n) is 3.78. The van der Waals surface area contributed by atoms with Gasteiger partial charge in [-0.1, -0.05) is 27.0 Å². The van der Waals surface area contributed by atoms with E-state index in [1.54, 1.807) is 0 Å². The van der Waals surface area contributed by atoms with Crippen molar-refractivity contribution in [2.45, 2.75) is 13.8 Å². The lowest BCUT2D eigenvalue weighted by Crippen LogP contribution is -1.91. The molecule has 0 aliphatic carbocycles. The topological polar surface area (TPSA) is 9.23 Å². The van der Waals surface area contributed by atoms with Crippen molar-refractivity contribution in [1.29, 1.82) is 0 Å². The summed E-state index contributed by atoms with van der Waals surface area (Å²) >= 11 is 0. The molecule has 0 bridgehead atoms. The molecule has 0 atom stereocenters. The molecule has 0 aromatic carbocycles. The van der Waals surface area contributed by atoms with Crippen molar-refractivity contribution in [3.05, 3.63) is 36.4 Å². The Morgan fingerprint density at radius 2 is 1.92 bits per heavy atom. The highest BCUT2D eigenvalue weighted by atomic mass is 19.1. The number of hydrogen-bond acceptors (Lipinski definition) is 1. The van der Waals surface area contributed by atoms with E-state index in [0.29, 0.717) is 0 Å². The van der Waals surface area contributed by atoms with E-state index >= 15 is 0 Å². The summed E-state index contributed by atoms with van der Waals surface area (Å²) in [6.07, 6.45) is 1.34. The molecular formula is C10H15FO. The van der Waals surface area contributed by atoms with Crippen molar-refractivity contribution in [3.8, 4) is 0 Å². The predicted molar refractivity (Wildman–Crippen MR) is 49.3 cm³/mol. The molecule has 0 aliphatic rings. The van der Waals surface area contributed by atoms with Gasteiger partial charge >= 0.3 is 0 Å². The summed E-state index contributed by atoms with van der Waals surface area (Å²) in [6.45, 7) is 11.0. The van der Waals surface area contributed by atoms with E-state index in [9.17, 15) is 4.39 Å². The third kappa shape index (κ3) is 3.37. The van der Waals surface area contributed by atoms with Crippen LogP contribution in [0.15, 0.2) is 36.4 Å². The summed E-state index contributed by atoms with van der Waals surface area (Å²) in [7, 11) is 1.38. The Hall–Kier alpha value is -1.05. The third-order valence-corrected chi connectivity index (χ3v) is 1.57. The van der Waals surface area contributed by atoms with E-state index < -0.39 is 5.83 Å². The van der Waals surface area contributed by atoms with Crippen LogP contribution in [0.3, 0.4) is 0 Å². The maximum Gasteiger partial charge on any atom is 0.164 e. The van der Waals surface area contributed by atoms with Crippen LogP contribution in [0.5, 0.6) is 0 Å². The van der Waals surface area contributed by atoms with Gasteiger partial charge in [-0.3, -0.25) is 0 Å². The van der Waals surface area contributed by atoms with Crippen LogP contribution < -0.4 is 0 Å². The molecule has 12 heavy (non-hydrogen) atoms. The number of allylic oxidation sites excluding steroid dienone is 3. The van der Waals surface area contributed by atoms with Gasteiger partial charge in [-0.25, -0.2) is 4.39 Å². The first-order valence-corrected chi connectivity index (χ1v) is 3.78. The molecule has 0 saturated carbocycles. The quantitative estimate of drug-likeness (QED) is 0.465. The van der Waals surface area contributed by atoms with Gasteiger partial charge in [-0.05, 0) is 17.6 Å². The third-order valence-electron chi connectivity index (χ3n) is 1.57. The molecule has 0 aromatic heterocycles. The van der Waals surface area contributed by atoms with Crippen LogP contribution in [0.4, 0.5) is 4.39 Å². The Morgan fingerprint density at radius 3 is 2.25 bits per heavy atom. The molecule has 0 aromatic rings. The largest absolute Gasteiger partial charge is 0.494 e. The first-order chi connectivity index (χ1) is 5.49. The Morgan fingerprint density at radius 1 is 1.42 bits per heavy atom. The van der Waals surface area contributed by atoms with Crippen LogP contribution >= 0.6 is 0 Å². The summed E-state index contributed by atoms with van der Waals surface area (Å²) in [5.74, 6) is -0.187. The van der Waals surface area contributed by atoms with Crippen molar-refractivity contribution in [2.75, 3.05) is 7.11 Å². The van der Waals surface area contributed by atoms with E-state index in [0.717, 1.165) is 5.57 Å². The minimum atomic E-state index is -0.462. The summed E-state index contributed by atoms with van der Waals surface area (Å²) in [4.78, 5) is 0. The molecule has 0 unspecified atom stereocenters. The number of hydrogen-bond donors (Lipinski definition) is 0. The van der Waals surface area contributed by atoms with Crippen molar-refractivity contribution >= 4 is 0 Å². The Bertz CT molecular complexity index is 214. The van der Waals surface area contributed by atoms with Gasteiger partial charge in [0.05, 0.1) is 7.11 Å². The van der Waals surface area contributed by atoms with Crippen molar-refractivity contribution in [1.82, 2.24) is 0 Å². The van der Waals surface area contributed by atoms with Gasteiger partial charge in [0.1, 0.15) is 5.76 Å². The molecule has 0 aliphatic heterocycles. The van der Waals surface area contributed by atoms with Crippen molar-refractivity contribution < 1.29 is 9.13 Å². The normalized spacial score (nSPS) is 11.6. The fourth-order valence-corrected chi connectivity index (χ4v) is 0.507. The summed E-state index contributed by atoms with van der Waals surface area (Å²) in [5.41, 5.74) is 0.728. The molecular weight excluding hydrogens is 155 g/mol. The lowest BCUT2D eigenvalue weighted by molar-refractivity contribution is 0.285. The average Bonchev–Trinajstić information content (AvgIpc) is 2.02. The second-order valence-electron chi connectivity index (χ2n) is 2.85. The number of rotatable bonds is 4. The predicted octanol–water partition coefficient (Wildman–Crippen LogP) is 3.21. The average molecular weight is 170 g/mol. The smallest absolute Gasteiger partial charge is 0.164 e. The molecule has 68 valence electrons. The molecule has 0 rings (SSSR count). The number of ether oxygens (including phenoxy) is 1. The number of methoxy groups -OCH3 is 1. The first kappa shape index (κ1) is 11.0. The van der Waals surface area contributed by atoms with Gasteiger partial charge in [-0.15, -0.1) is 0 Å². The second kappa shape index (κ2) is 4.75. The van der Waals surface area contributed by atoms with E-state index in [2.05, 4.69) is 17.9 Å². The second-order valence-corrected chi connectivity index (χ2v) is 2.85. The standard InChI is InChI=1S/C10H15FO/c1-7(2)8(3)6-10(11)9(4)12-5/h6-7H,3-4H2,1-2,5H3/b10-6+. The molecule has 0 heterocycles. The van der Waals surface area contributed by atoms with Crippen LogP contribution in [-0.2, 0) is 4.74 Å². The molecule has 0 saturated heterocycles. The SMILES string of the molecule is C=C(OC)/C(F)=C\C(=C)C(C)C. The van der Waals surface area contributed by atoms with E-state index in [4.69, 9.17) is 0 Å². The molecule has 0 radical (unpaired) electrons. The van der Waals surface area contributed by atoms with Gasteiger partial charge in [0, 0.05) is 0 Å². The Balaban J connectivity index is 4.36. The van der Waals surface area contributed by atoms with E-state index in [-0.39, 0.29) is 11.7 Å². The molecule has 0 amide bonds. The van der Waals surface area contributed by atoms with Crippen molar-refractivity contribution in [3.63, 3.8) is 0 Å². The highest BCUT2D eigenvalue weighted by Gasteiger charge is 2.03. The molecule has 2 heteroatoms. The van der Waals surface area contributed by atoms with Crippen LogP contribution in [0, 0.1) is 5.92 Å². The van der Waals surface area contributed by atoms with Crippen LogP contribution in [0.25, 0.3) is 0 Å². The minimum Gasteiger partial charge on any atom is -0.494 e.